The number of benzene rings is 1. The van der Waals surface area contributed by atoms with E-state index in [1.165, 1.54) is 0 Å². The van der Waals surface area contributed by atoms with E-state index in [9.17, 15) is 0 Å². The summed E-state index contributed by atoms with van der Waals surface area (Å²) in [7, 11) is 2.94. The highest BCUT2D eigenvalue weighted by molar-refractivity contribution is 5.61. The van der Waals surface area contributed by atoms with Gasteiger partial charge in [0, 0.05) is 26.3 Å². The summed E-state index contributed by atoms with van der Waals surface area (Å²) in [6.45, 7) is 7.37. The molecule has 0 fully saturated rings. The molecule has 1 heterocycles. The predicted octanol–water partition coefficient (Wildman–Crippen LogP) is 2.80. The van der Waals surface area contributed by atoms with Crippen LogP contribution in [-0.2, 0) is 18.4 Å². The van der Waals surface area contributed by atoms with E-state index in [2.05, 4.69) is 17.7 Å². The normalized spacial score (nSPS) is 9.82. The fourth-order valence-electron chi connectivity index (χ4n) is 1.95. The minimum atomic E-state index is 0.517. The number of aromatic nitrogens is 2. The Bertz CT molecular complexity index is 562. The number of aliphatic hydroxyl groups is 1. The molecular weight excluding hydrogens is 280 g/mol. The third-order valence-electron chi connectivity index (χ3n) is 2.90. The summed E-state index contributed by atoms with van der Waals surface area (Å²) in [5, 5.41) is 11.4. The quantitative estimate of drug-likeness (QED) is 0.799. The zero-order chi connectivity index (χ0) is 16.4. The van der Waals surface area contributed by atoms with E-state index in [1.807, 2.05) is 42.9 Å². The fraction of sp³-hybridized carbons (Fsp3) is 0.353. The second kappa shape index (κ2) is 9.76. The van der Waals surface area contributed by atoms with Gasteiger partial charge >= 0.3 is 0 Å². The molecule has 0 spiro atoms. The predicted molar refractivity (Wildman–Crippen MR) is 87.8 cm³/mol. The topological polar surface area (TPSA) is 56.5 Å². The van der Waals surface area contributed by atoms with Crippen LogP contribution in [0, 0.1) is 0 Å². The molecule has 2 aromatic rings. The highest BCUT2D eigenvalue weighted by Crippen LogP contribution is 2.23. The Morgan fingerprint density at radius 3 is 2.55 bits per heavy atom. The van der Waals surface area contributed by atoms with Gasteiger partial charge in [-0.15, -0.1) is 0 Å². The van der Waals surface area contributed by atoms with E-state index in [0.29, 0.717) is 19.8 Å². The van der Waals surface area contributed by atoms with E-state index in [-0.39, 0.29) is 0 Å². The largest absolute Gasteiger partial charge is 0.490 e. The van der Waals surface area contributed by atoms with Crippen molar-refractivity contribution in [3.8, 4) is 17.0 Å². The van der Waals surface area contributed by atoms with Crippen LogP contribution in [0.15, 0.2) is 43.0 Å². The number of aryl methyl sites for hydroxylation is 1. The molecule has 0 aliphatic rings. The van der Waals surface area contributed by atoms with E-state index in [1.54, 1.807) is 6.08 Å². The van der Waals surface area contributed by atoms with Gasteiger partial charge in [0.05, 0.1) is 18.0 Å². The van der Waals surface area contributed by atoms with Crippen LogP contribution >= 0.6 is 0 Å². The van der Waals surface area contributed by atoms with Crippen LogP contribution < -0.4 is 4.74 Å². The lowest BCUT2D eigenvalue weighted by molar-refractivity contribution is 0.131. The molecule has 1 aromatic carbocycles. The average Bonchev–Trinajstić information content (AvgIpc) is 2.94. The van der Waals surface area contributed by atoms with Gasteiger partial charge in [-0.1, -0.05) is 12.7 Å². The lowest BCUT2D eigenvalue weighted by atomic mass is 10.1. The van der Waals surface area contributed by atoms with Crippen molar-refractivity contribution in [2.24, 2.45) is 7.05 Å². The van der Waals surface area contributed by atoms with Crippen LogP contribution in [0.5, 0.6) is 5.75 Å². The third-order valence-corrected chi connectivity index (χ3v) is 2.90. The van der Waals surface area contributed by atoms with E-state index in [4.69, 9.17) is 14.6 Å². The molecule has 0 saturated heterocycles. The molecule has 0 atom stereocenters. The molecule has 1 aromatic heterocycles. The highest BCUT2D eigenvalue weighted by atomic mass is 16.5. The molecular formula is C17H24N2O3. The maximum Gasteiger partial charge on any atom is 0.119 e. The summed E-state index contributed by atoms with van der Waals surface area (Å²) < 4.78 is 12.7. The van der Waals surface area contributed by atoms with Crippen molar-refractivity contribution in [3.63, 3.8) is 0 Å². The van der Waals surface area contributed by atoms with Crippen molar-refractivity contribution in [2.45, 2.75) is 13.5 Å². The number of ether oxygens (including phenoxy) is 2. The first-order valence-electron chi connectivity index (χ1n) is 7.14. The van der Waals surface area contributed by atoms with Crippen LogP contribution in [0.1, 0.15) is 12.6 Å². The Labute approximate surface area is 131 Å². The molecule has 0 radical (unpaired) electrons. The monoisotopic (exact) mass is 304 g/mol. The molecule has 120 valence electrons. The summed E-state index contributed by atoms with van der Waals surface area (Å²) in [5.74, 6) is 0.838. The minimum Gasteiger partial charge on any atom is -0.490 e. The molecule has 2 rings (SSSR count). The Morgan fingerprint density at radius 1 is 1.27 bits per heavy atom. The summed E-state index contributed by atoms with van der Waals surface area (Å²) >= 11 is 0. The van der Waals surface area contributed by atoms with Crippen molar-refractivity contribution in [2.75, 3.05) is 20.3 Å². The number of rotatable bonds is 7. The molecule has 0 unspecified atom stereocenters. The van der Waals surface area contributed by atoms with Gasteiger partial charge in [-0.2, -0.15) is 5.10 Å². The van der Waals surface area contributed by atoms with Crippen molar-refractivity contribution >= 4 is 0 Å². The second-order valence-electron chi connectivity index (χ2n) is 4.41. The SMILES string of the molecule is C=CCOc1ccc(-c2cc(COCC)nn2C)cc1.CO. The van der Waals surface area contributed by atoms with Gasteiger partial charge in [0.25, 0.3) is 0 Å². The minimum absolute atomic E-state index is 0.517. The lowest BCUT2D eigenvalue weighted by Crippen LogP contribution is -1.96. The van der Waals surface area contributed by atoms with Gasteiger partial charge < -0.3 is 14.6 Å². The van der Waals surface area contributed by atoms with Crippen LogP contribution in [0.4, 0.5) is 0 Å². The van der Waals surface area contributed by atoms with Crippen LogP contribution in [0.3, 0.4) is 0 Å². The Kier molecular flexibility index (Phi) is 7.96. The van der Waals surface area contributed by atoms with Gasteiger partial charge in [-0.25, -0.2) is 0 Å². The van der Waals surface area contributed by atoms with Crippen molar-refractivity contribution in [3.05, 3.63) is 48.7 Å². The van der Waals surface area contributed by atoms with Crippen molar-refractivity contribution in [1.82, 2.24) is 9.78 Å². The first-order chi connectivity index (χ1) is 10.7. The van der Waals surface area contributed by atoms with Crippen LogP contribution in [0.2, 0.25) is 0 Å². The molecule has 22 heavy (non-hydrogen) atoms. The Morgan fingerprint density at radius 2 is 1.95 bits per heavy atom. The molecule has 0 bridgehead atoms. The van der Waals surface area contributed by atoms with Gasteiger partial charge in [-0.05, 0) is 37.3 Å². The van der Waals surface area contributed by atoms with Crippen LogP contribution in [0.25, 0.3) is 11.3 Å². The molecule has 0 aliphatic carbocycles. The maximum atomic E-state index is 7.00. The zero-order valence-electron chi connectivity index (χ0n) is 13.5. The second-order valence-corrected chi connectivity index (χ2v) is 4.41. The molecule has 5 heteroatoms. The van der Waals surface area contributed by atoms with Gasteiger partial charge in [0.2, 0.25) is 0 Å². The average molecular weight is 304 g/mol. The zero-order valence-corrected chi connectivity index (χ0v) is 13.5. The fourth-order valence-corrected chi connectivity index (χ4v) is 1.95. The third kappa shape index (κ3) is 5.02. The number of nitrogens with zero attached hydrogens (tertiary/aromatic N) is 2. The summed E-state index contributed by atoms with van der Waals surface area (Å²) in [6, 6.07) is 10.0. The number of hydrogen-bond acceptors (Lipinski definition) is 4. The maximum absolute atomic E-state index is 7.00. The van der Waals surface area contributed by atoms with Gasteiger partial charge in [0.1, 0.15) is 12.4 Å². The summed E-state index contributed by atoms with van der Waals surface area (Å²) in [6.07, 6.45) is 1.73. The van der Waals surface area contributed by atoms with E-state index < -0.39 is 0 Å². The van der Waals surface area contributed by atoms with Crippen molar-refractivity contribution in [1.29, 1.82) is 0 Å². The molecule has 5 nitrogen and oxygen atoms in total. The Hall–Kier alpha value is -2.11. The number of aliphatic hydroxyl groups excluding tert-OH is 1. The highest BCUT2D eigenvalue weighted by Gasteiger charge is 2.07. The Balaban J connectivity index is 0.00000116. The number of hydrogen-bond donors (Lipinski definition) is 1. The van der Waals surface area contributed by atoms with Gasteiger partial charge in [0.15, 0.2) is 0 Å². The van der Waals surface area contributed by atoms with E-state index >= 15 is 0 Å². The van der Waals surface area contributed by atoms with E-state index in [0.717, 1.165) is 29.8 Å². The molecule has 1 N–H and O–H groups in total. The molecule has 0 aliphatic heterocycles. The molecule has 0 saturated carbocycles. The smallest absolute Gasteiger partial charge is 0.119 e. The first kappa shape index (κ1) is 17.9. The van der Waals surface area contributed by atoms with Crippen LogP contribution in [-0.4, -0.2) is 35.2 Å². The molecule has 0 amide bonds. The first-order valence-corrected chi connectivity index (χ1v) is 7.14. The lowest BCUT2D eigenvalue weighted by Gasteiger charge is -2.05. The van der Waals surface area contributed by atoms with Gasteiger partial charge in [-0.3, -0.25) is 4.68 Å². The summed E-state index contributed by atoms with van der Waals surface area (Å²) in [5.41, 5.74) is 3.11. The standard InChI is InChI=1S/C16H20N2O2.CH4O/c1-4-10-20-15-8-6-13(7-9-15)16-11-14(12-19-5-2)17-18(16)3;1-2/h4,6-9,11H,1,5,10,12H2,2-3H3;2H,1H3. The summed E-state index contributed by atoms with van der Waals surface area (Å²) in [4.78, 5) is 0. The van der Waals surface area contributed by atoms with Crippen molar-refractivity contribution < 1.29 is 14.6 Å².